The van der Waals surface area contributed by atoms with Gasteiger partial charge in [-0.3, -0.25) is 9.78 Å². The predicted molar refractivity (Wildman–Crippen MR) is 103 cm³/mol. The highest BCUT2D eigenvalue weighted by Gasteiger charge is 2.40. The van der Waals surface area contributed by atoms with Crippen molar-refractivity contribution in [3.63, 3.8) is 0 Å². The molecule has 8 nitrogen and oxygen atoms in total. The van der Waals surface area contributed by atoms with Crippen LogP contribution in [0.15, 0.2) is 18.5 Å². The van der Waals surface area contributed by atoms with E-state index < -0.39 is 5.60 Å². The summed E-state index contributed by atoms with van der Waals surface area (Å²) in [5.74, 6) is -0.430. The average molecular weight is 399 g/mol. The van der Waals surface area contributed by atoms with Crippen molar-refractivity contribution in [2.24, 2.45) is 0 Å². The molecule has 1 aliphatic carbocycles. The van der Waals surface area contributed by atoms with Gasteiger partial charge < -0.3 is 19.7 Å². The summed E-state index contributed by atoms with van der Waals surface area (Å²) in [6.45, 7) is 3.88. The molecule has 29 heavy (non-hydrogen) atoms. The molecule has 0 unspecified atom stereocenters. The first-order valence-electron chi connectivity index (χ1n) is 9.33. The lowest BCUT2D eigenvalue weighted by atomic mass is 10.2. The molecule has 0 bridgehead atoms. The average Bonchev–Trinajstić information content (AvgIpc) is 3.33. The van der Waals surface area contributed by atoms with Gasteiger partial charge in [-0.05, 0) is 38.3 Å². The Morgan fingerprint density at radius 3 is 2.79 bits per heavy atom. The predicted octanol–water partition coefficient (Wildman–Crippen LogP) is 1.89. The normalized spacial score (nSPS) is 14.8. The Balaban J connectivity index is 1.72. The number of aliphatic hydroxyl groups is 1. The third-order valence-electron chi connectivity index (χ3n) is 5.19. The molecule has 0 saturated heterocycles. The minimum Gasteiger partial charge on any atom is -0.480 e. The maximum absolute atomic E-state index is 14.0. The van der Waals surface area contributed by atoms with Crippen molar-refractivity contribution in [2.75, 3.05) is 13.7 Å². The first-order chi connectivity index (χ1) is 13.8. The van der Waals surface area contributed by atoms with Crippen LogP contribution in [0.3, 0.4) is 0 Å². The van der Waals surface area contributed by atoms with Crippen molar-refractivity contribution in [2.45, 2.75) is 38.8 Å². The van der Waals surface area contributed by atoms with Crippen LogP contribution in [0.2, 0.25) is 0 Å². The third kappa shape index (κ3) is 3.77. The second-order valence-corrected chi connectivity index (χ2v) is 7.46. The van der Waals surface area contributed by atoms with Gasteiger partial charge in [0.1, 0.15) is 11.3 Å². The molecule has 0 aromatic carbocycles. The summed E-state index contributed by atoms with van der Waals surface area (Å²) in [6, 6.07) is 1.44. The van der Waals surface area contributed by atoms with Gasteiger partial charge in [0.05, 0.1) is 36.7 Å². The van der Waals surface area contributed by atoms with E-state index in [1.807, 2.05) is 6.92 Å². The van der Waals surface area contributed by atoms with Crippen LogP contribution >= 0.6 is 0 Å². The zero-order valence-corrected chi connectivity index (χ0v) is 16.5. The number of ether oxygens (including phenoxy) is 1. The summed E-state index contributed by atoms with van der Waals surface area (Å²) in [5, 5.41) is 12.7. The number of methoxy groups -OCH3 is 1. The van der Waals surface area contributed by atoms with E-state index in [1.165, 1.54) is 19.4 Å². The van der Waals surface area contributed by atoms with Gasteiger partial charge >= 0.3 is 0 Å². The molecule has 1 amide bonds. The van der Waals surface area contributed by atoms with E-state index in [9.17, 15) is 14.3 Å². The SMILES string of the molecule is COc1cnc2c(C(=O)NCC3(O)CC3)cn(Cc3cc(F)c(C)nc3C)c2n1. The Hall–Kier alpha value is -3.07. The Bertz CT molecular complexity index is 1110. The van der Waals surface area contributed by atoms with E-state index in [-0.39, 0.29) is 24.8 Å². The van der Waals surface area contributed by atoms with Gasteiger partial charge in [-0.2, -0.15) is 4.98 Å². The Labute approximate surface area is 166 Å². The minimum atomic E-state index is -0.800. The van der Waals surface area contributed by atoms with Crippen molar-refractivity contribution < 1.29 is 19.0 Å². The Kier molecular flexibility index (Phi) is 4.70. The number of aromatic nitrogens is 4. The summed E-state index contributed by atoms with van der Waals surface area (Å²) in [4.78, 5) is 25.7. The summed E-state index contributed by atoms with van der Waals surface area (Å²) in [7, 11) is 1.48. The van der Waals surface area contributed by atoms with E-state index in [4.69, 9.17) is 4.74 Å². The molecule has 0 spiro atoms. The van der Waals surface area contributed by atoms with Gasteiger partial charge in [-0.1, -0.05) is 0 Å². The fourth-order valence-electron chi connectivity index (χ4n) is 3.16. The van der Waals surface area contributed by atoms with Crippen LogP contribution in [0, 0.1) is 19.7 Å². The van der Waals surface area contributed by atoms with Crippen molar-refractivity contribution in [1.82, 2.24) is 24.8 Å². The molecule has 2 N–H and O–H groups in total. The van der Waals surface area contributed by atoms with Crippen molar-refractivity contribution >= 4 is 17.1 Å². The number of carbonyl (C=O) groups excluding carboxylic acids is 1. The number of hydrogen-bond acceptors (Lipinski definition) is 6. The highest BCUT2D eigenvalue weighted by molar-refractivity contribution is 6.04. The summed E-state index contributed by atoms with van der Waals surface area (Å²) in [6.07, 6.45) is 4.43. The van der Waals surface area contributed by atoms with Crippen LogP contribution in [0.25, 0.3) is 11.2 Å². The fourth-order valence-corrected chi connectivity index (χ4v) is 3.16. The molecule has 3 aromatic rings. The third-order valence-corrected chi connectivity index (χ3v) is 5.19. The van der Waals surface area contributed by atoms with E-state index in [0.717, 1.165) is 0 Å². The Morgan fingerprint density at radius 1 is 1.34 bits per heavy atom. The number of nitrogens with zero attached hydrogens (tertiary/aromatic N) is 4. The molecule has 0 atom stereocenters. The van der Waals surface area contributed by atoms with E-state index in [2.05, 4.69) is 20.3 Å². The molecule has 4 rings (SSSR count). The number of carbonyl (C=O) groups is 1. The number of nitrogens with one attached hydrogen (secondary N) is 1. The van der Waals surface area contributed by atoms with E-state index in [1.54, 1.807) is 17.7 Å². The molecule has 1 fully saturated rings. The van der Waals surface area contributed by atoms with Gasteiger partial charge in [0.25, 0.3) is 5.91 Å². The lowest BCUT2D eigenvalue weighted by Gasteiger charge is -2.09. The topological polar surface area (TPSA) is 102 Å². The molecule has 152 valence electrons. The quantitative estimate of drug-likeness (QED) is 0.656. The van der Waals surface area contributed by atoms with Gasteiger partial charge in [0.15, 0.2) is 5.65 Å². The first-order valence-corrected chi connectivity index (χ1v) is 9.33. The van der Waals surface area contributed by atoms with Gasteiger partial charge in [-0.25, -0.2) is 9.37 Å². The fraction of sp³-hybridized carbons (Fsp3) is 0.400. The van der Waals surface area contributed by atoms with Gasteiger partial charge in [-0.15, -0.1) is 0 Å². The number of pyridine rings is 1. The number of amides is 1. The van der Waals surface area contributed by atoms with E-state index >= 15 is 0 Å². The maximum Gasteiger partial charge on any atom is 0.255 e. The number of aryl methyl sites for hydroxylation is 2. The van der Waals surface area contributed by atoms with Crippen molar-refractivity contribution in [3.05, 3.63) is 46.8 Å². The molecule has 3 aromatic heterocycles. The standard InChI is InChI=1S/C20H22FN5O3/c1-11-13(6-15(21)12(2)24-11)8-26-9-14(19(27)23-10-20(28)4-5-20)17-18(26)25-16(29-3)7-22-17/h6-7,9,28H,4-5,8,10H2,1-3H3,(H,23,27). The van der Waals surface area contributed by atoms with Gasteiger partial charge in [0, 0.05) is 18.4 Å². The Morgan fingerprint density at radius 2 is 2.10 bits per heavy atom. The molecule has 3 heterocycles. The number of fused-ring (bicyclic) bond motifs is 1. The molecule has 0 aliphatic heterocycles. The highest BCUT2D eigenvalue weighted by atomic mass is 19.1. The summed E-state index contributed by atoms with van der Waals surface area (Å²) < 4.78 is 20.9. The molecule has 0 radical (unpaired) electrons. The van der Waals surface area contributed by atoms with Gasteiger partial charge in [0.2, 0.25) is 5.88 Å². The molecular formula is C20H22FN5O3. The molecule has 9 heteroatoms. The second kappa shape index (κ2) is 7.07. The minimum absolute atomic E-state index is 0.189. The first kappa shape index (κ1) is 19.3. The van der Waals surface area contributed by atoms with Crippen molar-refractivity contribution in [3.8, 4) is 5.88 Å². The second-order valence-electron chi connectivity index (χ2n) is 7.46. The molecule has 1 saturated carbocycles. The number of rotatable bonds is 6. The summed E-state index contributed by atoms with van der Waals surface area (Å²) in [5.41, 5.74) is 2.09. The van der Waals surface area contributed by atoms with Crippen LogP contribution in [0.5, 0.6) is 5.88 Å². The lowest BCUT2D eigenvalue weighted by Crippen LogP contribution is -2.33. The smallest absolute Gasteiger partial charge is 0.255 e. The lowest BCUT2D eigenvalue weighted by molar-refractivity contribution is 0.0897. The zero-order valence-electron chi connectivity index (χ0n) is 16.5. The van der Waals surface area contributed by atoms with Crippen LogP contribution in [-0.4, -0.2) is 49.8 Å². The van der Waals surface area contributed by atoms with Crippen molar-refractivity contribution in [1.29, 1.82) is 0 Å². The zero-order chi connectivity index (χ0) is 20.8. The van der Waals surface area contributed by atoms with Crippen LogP contribution in [-0.2, 0) is 6.54 Å². The highest BCUT2D eigenvalue weighted by Crippen LogP contribution is 2.34. The van der Waals surface area contributed by atoms with Crippen LogP contribution in [0.4, 0.5) is 4.39 Å². The number of halogens is 1. The summed E-state index contributed by atoms with van der Waals surface area (Å²) >= 11 is 0. The number of hydrogen-bond donors (Lipinski definition) is 2. The van der Waals surface area contributed by atoms with Crippen LogP contribution < -0.4 is 10.1 Å². The molecule has 1 aliphatic rings. The maximum atomic E-state index is 14.0. The largest absolute Gasteiger partial charge is 0.480 e. The monoisotopic (exact) mass is 399 g/mol. The van der Waals surface area contributed by atoms with E-state index in [0.29, 0.717) is 52.4 Å². The van der Waals surface area contributed by atoms with Crippen LogP contribution in [0.1, 0.15) is 40.2 Å². The molecular weight excluding hydrogens is 377 g/mol.